The number of nitrogens with one attached hydrogen (secondary N) is 2. The van der Waals surface area contributed by atoms with Crippen LogP contribution in [0.3, 0.4) is 0 Å². The van der Waals surface area contributed by atoms with E-state index in [-0.39, 0.29) is 0 Å². The van der Waals surface area contributed by atoms with Crippen LogP contribution in [0.15, 0.2) is 36.4 Å². The molecule has 104 valence electrons. The molecule has 5 nitrogen and oxygen atoms in total. The number of methoxy groups -OCH3 is 1. The fraction of sp³-hybridized carbons (Fsp3) is 0.143. The zero-order valence-corrected chi connectivity index (χ0v) is 11.9. The number of carbonyl (C=O) groups excluding carboxylic acids is 1. The van der Waals surface area contributed by atoms with Gasteiger partial charge >= 0.3 is 6.03 Å². The van der Waals surface area contributed by atoms with E-state index in [1.165, 1.54) is 7.11 Å². The molecule has 6 heteroatoms. The third-order valence-corrected chi connectivity index (χ3v) is 2.77. The van der Waals surface area contributed by atoms with Crippen LogP contribution in [0, 0.1) is 6.92 Å². The van der Waals surface area contributed by atoms with Crippen molar-refractivity contribution in [3.05, 3.63) is 47.1 Å². The Morgan fingerprint density at radius 1 is 1.25 bits per heavy atom. The molecule has 0 aliphatic heterocycles. The number of amides is 2. The van der Waals surface area contributed by atoms with Gasteiger partial charge in [-0.3, -0.25) is 5.32 Å². The Morgan fingerprint density at radius 3 is 2.75 bits per heavy atom. The summed E-state index contributed by atoms with van der Waals surface area (Å²) in [7, 11) is 1.52. The Balaban J connectivity index is 2.10. The molecular weight excluding hydrogens is 278 g/mol. The predicted octanol–water partition coefficient (Wildman–Crippen LogP) is 3.70. The summed E-state index contributed by atoms with van der Waals surface area (Å²) in [6, 6.07) is 9.95. The maximum atomic E-state index is 11.9. The van der Waals surface area contributed by atoms with Gasteiger partial charge in [-0.1, -0.05) is 17.7 Å². The molecule has 0 bridgehead atoms. The predicted molar refractivity (Wildman–Crippen MR) is 79.6 cm³/mol. The van der Waals surface area contributed by atoms with Crippen molar-refractivity contribution < 1.29 is 9.53 Å². The van der Waals surface area contributed by atoms with Crippen LogP contribution in [0.2, 0.25) is 5.02 Å². The molecule has 0 saturated heterocycles. The van der Waals surface area contributed by atoms with Crippen molar-refractivity contribution in [1.29, 1.82) is 0 Å². The normalized spacial score (nSPS) is 9.95. The highest BCUT2D eigenvalue weighted by Gasteiger charge is 2.08. The van der Waals surface area contributed by atoms with Gasteiger partial charge in [-0.2, -0.15) is 0 Å². The summed E-state index contributed by atoms with van der Waals surface area (Å²) in [6.45, 7) is 1.85. The second kappa shape index (κ2) is 6.25. The topological polar surface area (TPSA) is 63.2 Å². The van der Waals surface area contributed by atoms with Gasteiger partial charge in [0.15, 0.2) is 0 Å². The lowest BCUT2D eigenvalue weighted by Gasteiger charge is -2.11. The number of carbonyl (C=O) groups is 1. The smallest absolute Gasteiger partial charge is 0.324 e. The average molecular weight is 292 g/mol. The Hall–Kier alpha value is -2.27. The fourth-order valence-electron chi connectivity index (χ4n) is 1.66. The molecule has 2 amide bonds. The van der Waals surface area contributed by atoms with E-state index in [0.717, 1.165) is 5.69 Å². The number of aryl methyl sites for hydroxylation is 1. The number of halogens is 1. The van der Waals surface area contributed by atoms with Crippen molar-refractivity contribution >= 4 is 29.1 Å². The largest absolute Gasteiger partial charge is 0.495 e. The molecule has 20 heavy (non-hydrogen) atoms. The van der Waals surface area contributed by atoms with Crippen LogP contribution < -0.4 is 15.4 Å². The van der Waals surface area contributed by atoms with Gasteiger partial charge in [0.05, 0.1) is 12.8 Å². The molecular formula is C14H14ClN3O2. The molecule has 1 aromatic carbocycles. The summed E-state index contributed by atoms with van der Waals surface area (Å²) in [5.41, 5.74) is 1.31. The van der Waals surface area contributed by atoms with Crippen LogP contribution >= 0.6 is 11.6 Å². The summed E-state index contributed by atoms with van der Waals surface area (Å²) in [5, 5.41) is 5.82. The minimum atomic E-state index is -0.413. The number of aromatic nitrogens is 1. The van der Waals surface area contributed by atoms with Crippen molar-refractivity contribution in [2.45, 2.75) is 6.92 Å². The van der Waals surface area contributed by atoms with Crippen LogP contribution in [0.1, 0.15) is 5.69 Å². The van der Waals surface area contributed by atoms with E-state index < -0.39 is 6.03 Å². The standard InChI is InChI=1S/C14H14ClN3O2/c1-9-4-3-5-13(16-9)18-14(19)17-11-8-10(15)6-7-12(11)20-2/h3-8H,1-2H3,(H2,16,17,18,19). The van der Waals surface area contributed by atoms with E-state index in [1.807, 2.05) is 19.1 Å². The molecule has 2 rings (SSSR count). The van der Waals surface area contributed by atoms with Crippen molar-refractivity contribution in [1.82, 2.24) is 4.98 Å². The molecule has 2 aromatic rings. The summed E-state index contributed by atoms with van der Waals surface area (Å²) >= 11 is 5.90. The molecule has 0 spiro atoms. The van der Waals surface area contributed by atoms with Gasteiger partial charge in [0.2, 0.25) is 0 Å². The molecule has 2 N–H and O–H groups in total. The number of nitrogens with zero attached hydrogens (tertiary/aromatic N) is 1. The number of ether oxygens (including phenoxy) is 1. The molecule has 0 saturated carbocycles. The lowest BCUT2D eigenvalue weighted by molar-refractivity contribution is 0.262. The highest BCUT2D eigenvalue weighted by molar-refractivity contribution is 6.31. The quantitative estimate of drug-likeness (QED) is 0.906. The lowest BCUT2D eigenvalue weighted by atomic mass is 10.3. The fourth-order valence-corrected chi connectivity index (χ4v) is 1.83. The third kappa shape index (κ3) is 3.61. The Bertz CT molecular complexity index is 632. The first-order valence-electron chi connectivity index (χ1n) is 5.93. The van der Waals surface area contributed by atoms with Crippen molar-refractivity contribution in [2.24, 2.45) is 0 Å². The van der Waals surface area contributed by atoms with Gasteiger partial charge < -0.3 is 10.1 Å². The number of pyridine rings is 1. The van der Waals surface area contributed by atoms with E-state index >= 15 is 0 Å². The minimum Gasteiger partial charge on any atom is -0.495 e. The van der Waals surface area contributed by atoms with Gasteiger partial charge in [0.25, 0.3) is 0 Å². The van der Waals surface area contributed by atoms with Crippen molar-refractivity contribution in [3.8, 4) is 5.75 Å². The van der Waals surface area contributed by atoms with E-state index in [4.69, 9.17) is 16.3 Å². The number of rotatable bonds is 3. The summed E-state index contributed by atoms with van der Waals surface area (Å²) in [4.78, 5) is 16.1. The molecule has 0 unspecified atom stereocenters. The number of anilines is 2. The van der Waals surface area contributed by atoms with Crippen molar-refractivity contribution in [2.75, 3.05) is 17.7 Å². The average Bonchev–Trinajstić information content (AvgIpc) is 2.38. The van der Waals surface area contributed by atoms with Gasteiger partial charge in [-0.15, -0.1) is 0 Å². The first-order chi connectivity index (χ1) is 9.58. The van der Waals surface area contributed by atoms with E-state index in [9.17, 15) is 4.79 Å². The molecule has 1 heterocycles. The van der Waals surface area contributed by atoms with E-state index in [1.54, 1.807) is 24.3 Å². The lowest BCUT2D eigenvalue weighted by Crippen LogP contribution is -2.20. The third-order valence-electron chi connectivity index (χ3n) is 2.54. The molecule has 0 aliphatic rings. The Kier molecular flexibility index (Phi) is 4.42. The van der Waals surface area contributed by atoms with Gasteiger partial charge in [0, 0.05) is 10.7 Å². The molecule has 0 atom stereocenters. The molecule has 1 aromatic heterocycles. The van der Waals surface area contributed by atoms with Crippen LogP contribution in [0.5, 0.6) is 5.75 Å². The van der Waals surface area contributed by atoms with Crippen molar-refractivity contribution in [3.63, 3.8) is 0 Å². The van der Waals surface area contributed by atoms with Gasteiger partial charge in [0.1, 0.15) is 11.6 Å². The summed E-state index contributed by atoms with van der Waals surface area (Å²) in [5.74, 6) is 1.00. The number of hydrogen-bond donors (Lipinski definition) is 2. The summed E-state index contributed by atoms with van der Waals surface area (Å²) in [6.07, 6.45) is 0. The molecule has 0 radical (unpaired) electrons. The van der Waals surface area contributed by atoms with E-state index in [2.05, 4.69) is 15.6 Å². The van der Waals surface area contributed by atoms with Crippen LogP contribution in [-0.4, -0.2) is 18.1 Å². The maximum absolute atomic E-state index is 11.9. The first kappa shape index (κ1) is 14.1. The van der Waals surface area contributed by atoms with Crippen LogP contribution in [0.4, 0.5) is 16.3 Å². The van der Waals surface area contributed by atoms with Crippen LogP contribution in [-0.2, 0) is 0 Å². The molecule has 0 fully saturated rings. The molecule has 0 aliphatic carbocycles. The highest BCUT2D eigenvalue weighted by atomic mass is 35.5. The SMILES string of the molecule is COc1ccc(Cl)cc1NC(=O)Nc1cccc(C)n1. The second-order valence-electron chi connectivity index (χ2n) is 4.09. The first-order valence-corrected chi connectivity index (χ1v) is 6.31. The minimum absolute atomic E-state index is 0.413. The van der Waals surface area contributed by atoms with E-state index in [0.29, 0.717) is 22.3 Å². The van der Waals surface area contributed by atoms with Gasteiger partial charge in [-0.25, -0.2) is 9.78 Å². The number of benzene rings is 1. The Labute approximate surface area is 121 Å². The second-order valence-corrected chi connectivity index (χ2v) is 4.52. The highest BCUT2D eigenvalue weighted by Crippen LogP contribution is 2.27. The monoisotopic (exact) mass is 291 g/mol. The zero-order chi connectivity index (χ0) is 14.5. The number of hydrogen-bond acceptors (Lipinski definition) is 3. The number of urea groups is 1. The van der Waals surface area contributed by atoms with Crippen LogP contribution in [0.25, 0.3) is 0 Å². The summed E-state index contributed by atoms with van der Waals surface area (Å²) < 4.78 is 5.15. The van der Waals surface area contributed by atoms with Gasteiger partial charge in [-0.05, 0) is 37.3 Å². The Morgan fingerprint density at radius 2 is 2.05 bits per heavy atom. The zero-order valence-electron chi connectivity index (χ0n) is 11.1. The maximum Gasteiger partial charge on any atom is 0.324 e.